The summed E-state index contributed by atoms with van der Waals surface area (Å²) in [6, 6.07) is 5.25. The molecule has 0 aliphatic rings. The quantitative estimate of drug-likeness (QED) is 0.0350. The van der Waals surface area contributed by atoms with Crippen molar-refractivity contribution in [1.29, 1.82) is 0 Å². The van der Waals surface area contributed by atoms with Crippen LogP contribution in [0.15, 0.2) is 30.3 Å². The van der Waals surface area contributed by atoms with E-state index in [1.807, 2.05) is 30.3 Å². The number of rotatable bonds is 29. The number of aliphatic hydroxyl groups excluding tert-OH is 2. The zero-order valence-corrected chi connectivity index (χ0v) is 35.3. The van der Waals surface area contributed by atoms with Gasteiger partial charge in [0.25, 0.3) is 0 Å². The maximum atomic E-state index is 13.9. The minimum atomic E-state index is -1.52. The highest BCUT2D eigenvalue weighted by atomic mass is 16.6. The molecule has 1 rings (SSSR count). The second-order valence-corrected chi connectivity index (χ2v) is 16.3. The molecule has 0 aromatic heterocycles. The number of carbonyl (C=O) groups is 5. The predicted octanol–water partition coefficient (Wildman–Crippen LogP) is 6.30. The Morgan fingerprint density at radius 2 is 1.32 bits per heavy atom. The van der Waals surface area contributed by atoms with Gasteiger partial charge in [0.1, 0.15) is 30.1 Å². The third-order valence-corrected chi connectivity index (χ3v) is 9.57. The van der Waals surface area contributed by atoms with Crippen LogP contribution in [-0.4, -0.2) is 89.0 Å². The summed E-state index contributed by atoms with van der Waals surface area (Å²) in [6.07, 6.45) is 9.46. The van der Waals surface area contributed by atoms with Crippen molar-refractivity contribution in [2.45, 2.75) is 188 Å². The number of amides is 3. The number of alkyl carbamates (subject to hydrolysis) is 1. The number of benzene rings is 1. The van der Waals surface area contributed by atoms with Gasteiger partial charge in [0, 0.05) is 12.3 Å². The topological polar surface area (TPSA) is 190 Å². The van der Waals surface area contributed by atoms with Crippen LogP contribution in [0.2, 0.25) is 0 Å². The van der Waals surface area contributed by atoms with E-state index in [2.05, 4.69) is 22.9 Å². The van der Waals surface area contributed by atoms with E-state index < -0.39 is 77.8 Å². The van der Waals surface area contributed by atoms with Crippen molar-refractivity contribution in [3.05, 3.63) is 35.9 Å². The van der Waals surface area contributed by atoms with Gasteiger partial charge >= 0.3 is 12.1 Å². The van der Waals surface area contributed by atoms with Crippen LogP contribution < -0.4 is 16.0 Å². The SMILES string of the molecule is CCCCCCCCCCCCC[C@@H](OC(=O)[C@H](COCc1ccccc1)NC(=O)[C@@H](NC(=O)[C@@H](NC(=O)OC(C)(C)C)C(C)C)[C@@H](C)O)[C@H](C)[C@@H](O)CC=O. The van der Waals surface area contributed by atoms with Crippen LogP contribution in [0.5, 0.6) is 0 Å². The highest BCUT2D eigenvalue weighted by molar-refractivity contribution is 5.93. The lowest BCUT2D eigenvalue weighted by Crippen LogP contribution is -2.60. The summed E-state index contributed by atoms with van der Waals surface area (Å²) in [5, 5.41) is 29.0. The third kappa shape index (κ3) is 21.7. The molecule has 0 bridgehead atoms. The molecule has 1 aromatic carbocycles. The largest absolute Gasteiger partial charge is 0.460 e. The summed E-state index contributed by atoms with van der Waals surface area (Å²) in [4.78, 5) is 64.8. The first-order valence-electron chi connectivity index (χ1n) is 20.7. The van der Waals surface area contributed by atoms with Gasteiger partial charge in [0.15, 0.2) is 6.04 Å². The molecule has 0 saturated heterocycles. The van der Waals surface area contributed by atoms with E-state index in [-0.39, 0.29) is 19.6 Å². The van der Waals surface area contributed by atoms with Crippen molar-refractivity contribution >= 4 is 30.2 Å². The van der Waals surface area contributed by atoms with Gasteiger partial charge in [-0.3, -0.25) is 9.59 Å². The molecule has 56 heavy (non-hydrogen) atoms. The number of esters is 1. The van der Waals surface area contributed by atoms with Gasteiger partial charge in [0.2, 0.25) is 11.8 Å². The number of nitrogens with one attached hydrogen (secondary N) is 3. The van der Waals surface area contributed by atoms with Crippen LogP contribution in [0.25, 0.3) is 0 Å². The standard InChI is InChI=1S/C43H73N3O10/c1-9-10-11-12-13-14-15-16-17-18-22-25-36(31(4)35(49)26-27-47)55-41(52)34(29-54-28-33-23-20-19-21-24-33)44-40(51)38(32(5)48)45-39(50)37(30(2)3)46-42(53)56-43(6,7)8/h19-21,23-24,27,30-32,34-38,48-49H,9-18,22,25-26,28-29H2,1-8H3,(H,44,51)(H,45,50)(H,46,53)/t31-,32-,34+,35+,36-,37+,38+/m1/s1. The molecule has 0 saturated carbocycles. The predicted molar refractivity (Wildman–Crippen MR) is 216 cm³/mol. The normalized spacial score (nSPS) is 15.4. The van der Waals surface area contributed by atoms with E-state index in [9.17, 15) is 34.2 Å². The van der Waals surface area contributed by atoms with Crippen LogP contribution in [0.1, 0.15) is 144 Å². The van der Waals surface area contributed by atoms with E-state index in [1.54, 1.807) is 41.5 Å². The smallest absolute Gasteiger partial charge is 0.408 e. The van der Waals surface area contributed by atoms with Crippen molar-refractivity contribution in [2.24, 2.45) is 11.8 Å². The van der Waals surface area contributed by atoms with Crippen LogP contribution >= 0.6 is 0 Å². The summed E-state index contributed by atoms with van der Waals surface area (Å²) in [6.45, 7) is 13.5. The Hall–Kier alpha value is -3.55. The van der Waals surface area contributed by atoms with E-state index in [4.69, 9.17) is 14.2 Å². The van der Waals surface area contributed by atoms with Crippen molar-refractivity contribution in [3.63, 3.8) is 0 Å². The van der Waals surface area contributed by atoms with Crippen LogP contribution in [-0.2, 0) is 40.0 Å². The second kappa shape index (κ2) is 27.9. The monoisotopic (exact) mass is 792 g/mol. The molecule has 0 spiro atoms. The highest BCUT2D eigenvalue weighted by Gasteiger charge is 2.36. The molecule has 1 aromatic rings. The summed E-state index contributed by atoms with van der Waals surface area (Å²) >= 11 is 0. The van der Waals surface area contributed by atoms with Crippen molar-refractivity contribution in [3.8, 4) is 0 Å². The van der Waals surface area contributed by atoms with Crippen molar-refractivity contribution in [2.75, 3.05) is 6.61 Å². The fourth-order valence-electron chi connectivity index (χ4n) is 6.15. The molecular formula is C43H73N3O10. The minimum Gasteiger partial charge on any atom is -0.460 e. The molecule has 0 unspecified atom stereocenters. The van der Waals surface area contributed by atoms with E-state index in [0.717, 1.165) is 31.2 Å². The molecular weight excluding hydrogens is 718 g/mol. The average Bonchev–Trinajstić information content (AvgIpc) is 3.13. The molecule has 0 heterocycles. The number of carbonyl (C=O) groups excluding carboxylic acids is 5. The van der Waals surface area contributed by atoms with E-state index >= 15 is 0 Å². The molecule has 5 N–H and O–H groups in total. The van der Waals surface area contributed by atoms with Gasteiger partial charge in [-0.2, -0.15) is 0 Å². The van der Waals surface area contributed by atoms with Gasteiger partial charge in [-0.05, 0) is 52.0 Å². The van der Waals surface area contributed by atoms with Crippen LogP contribution in [0.3, 0.4) is 0 Å². The van der Waals surface area contributed by atoms with Gasteiger partial charge in [-0.15, -0.1) is 0 Å². The van der Waals surface area contributed by atoms with Gasteiger partial charge in [0.05, 0.1) is 25.4 Å². The lowest BCUT2D eigenvalue weighted by atomic mass is 9.92. The fourth-order valence-corrected chi connectivity index (χ4v) is 6.15. The van der Waals surface area contributed by atoms with Crippen molar-refractivity contribution in [1.82, 2.24) is 16.0 Å². The van der Waals surface area contributed by atoms with Gasteiger partial charge in [-0.25, -0.2) is 9.59 Å². The number of hydrogen-bond acceptors (Lipinski definition) is 10. The summed E-state index contributed by atoms with van der Waals surface area (Å²) < 4.78 is 17.1. The zero-order valence-electron chi connectivity index (χ0n) is 35.3. The van der Waals surface area contributed by atoms with Crippen LogP contribution in [0, 0.1) is 11.8 Å². The molecule has 0 aliphatic heterocycles. The Morgan fingerprint density at radius 1 is 0.768 bits per heavy atom. The zero-order chi connectivity index (χ0) is 42.1. The molecule has 13 heteroatoms. The molecule has 3 amide bonds. The first-order chi connectivity index (χ1) is 26.5. The maximum Gasteiger partial charge on any atom is 0.408 e. The fraction of sp³-hybridized carbons (Fsp3) is 0.744. The summed E-state index contributed by atoms with van der Waals surface area (Å²) in [5.74, 6) is -3.44. The average molecular weight is 792 g/mol. The molecule has 0 fully saturated rings. The van der Waals surface area contributed by atoms with E-state index in [1.165, 1.54) is 51.9 Å². The molecule has 7 atom stereocenters. The van der Waals surface area contributed by atoms with Gasteiger partial charge in [-0.1, -0.05) is 122 Å². The number of hydrogen-bond donors (Lipinski definition) is 5. The lowest BCUT2D eigenvalue weighted by molar-refractivity contribution is -0.160. The first-order valence-corrected chi connectivity index (χ1v) is 20.7. The van der Waals surface area contributed by atoms with E-state index in [0.29, 0.717) is 12.7 Å². The third-order valence-electron chi connectivity index (χ3n) is 9.57. The Balaban J connectivity index is 3.12. The van der Waals surface area contributed by atoms with Gasteiger partial charge < -0.3 is 45.2 Å². The van der Waals surface area contributed by atoms with Crippen LogP contribution in [0.4, 0.5) is 4.79 Å². The number of aldehydes is 1. The highest BCUT2D eigenvalue weighted by Crippen LogP contribution is 2.22. The molecule has 13 nitrogen and oxygen atoms in total. The first kappa shape index (κ1) is 50.5. The summed E-state index contributed by atoms with van der Waals surface area (Å²) in [5.41, 5.74) is 0.0179. The Bertz CT molecular complexity index is 1270. The molecule has 0 aliphatic carbocycles. The minimum absolute atomic E-state index is 0.121. The van der Waals surface area contributed by atoms with Crippen molar-refractivity contribution < 1.29 is 48.4 Å². The number of ether oxygens (including phenoxy) is 3. The lowest BCUT2D eigenvalue weighted by Gasteiger charge is -2.30. The summed E-state index contributed by atoms with van der Waals surface area (Å²) in [7, 11) is 0. The number of unbranched alkanes of at least 4 members (excludes halogenated alkanes) is 10. The molecule has 0 radical (unpaired) electrons. The second-order valence-electron chi connectivity index (χ2n) is 16.3. The molecule has 320 valence electrons. The number of aliphatic hydroxyl groups is 2. The Morgan fingerprint density at radius 3 is 1.84 bits per heavy atom. The Kier molecular flexibility index (Phi) is 25.2. The Labute approximate surface area is 335 Å². The maximum absolute atomic E-state index is 13.9.